The molecule has 164 valence electrons. The fourth-order valence-electron chi connectivity index (χ4n) is 2.63. The minimum Gasteiger partial charge on any atom is -0.497 e. The molecule has 3 aromatic rings. The largest absolute Gasteiger partial charge is 0.497 e. The van der Waals surface area contributed by atoms with Crippen molar-refractivity contribution >= 4 is 33.5 Å². The number of nitro groups is 1. The second-order valence-electron chi connectivity index (χ2n) is 6.41. The smallest absolute Gasteiger partial charge is 0.271 e. The summed E-state index contributed by atoms with van der Waals surface area (Å²) in [4.78, 5) is 22.5. The molecule has 0 aromatic heterocycles. The molecule has 1 amide bonds. The summed E-state index contributed by atoms with van der Waals surface area (Å²) >= 11 is 0. The monoisotopic (exact) mass is 454 g/mol. The van der Waals surface area contributed by atoms with Crippen LogP contribution < -0.4 is 14.9 Å². The van der Waals surface area contributed by atoms with Gasteiger partial charge in [-0.2, -0.15) is 5.10 Å². The van der Waals surface area contributed by atoms with Gasteiger partial charge < -0.3 is 4.74 Å². The summed E-state index contributed by atoms with van der Waals surface area (Å²) in [7, 11) is -2.43. The Kier molecular flexibility index (Phi) is 6.80. The number of carbonyl (C=O) groups excluding carboxylic acids is 1. The van der Waals surface area contributed by atoms with Crippen LogP contribution >= 0.6 is 0 Å². The molecule has 0 saturated heterocycles. The molecular formula is C21H18N4O6S. The number of benzene rings is 3. The van der Waals surface area contributed by atoms with E-state index in [1.807, 2.05) is 0 Å². The van der Waals surface area contributed by atoms with Crippen LogP contribution in [0.15, 0.2) is 82.8 Å². The van der Waals surface area contributed by atoms with Crippen LogP contribution in [-0.2, 0) is 10.0 Å². The number of rotatable bonds is 8. The fourth-order valence-corrected chi connectivity index (χ4v) is 3.73. The lowest BCUT2D eigenvalue weighted by Gasteiger charge is -2.09. The molecule has 0 atom stereocenters. The highest BCUT2D eigenvalue weighted by Gasteiger charge is 2.16. The third kappa shape index (κ3) is 5.67. The minimum absolute atomic E-state index is 0.0683. The van der Waals surface area contributed by atoms with Crippen LogP contribution in [-0.4, -0.2) is 32.6 Å². The maximum absolute atomic E-state index is 12.7. The lowest BCUT2D eigenvalue weighted by atomic mass is 10.2. The van der Waals surface area contributed by atoms with Gasteiger partial charge in [0.2, 0.25) is 0 Å². The highest BCUT2D eigenvalue weighted by molar-refractivity contribution is 7.92. The van der Waals surface area contributed by atoms with Crippen LogP contribution in [0.3, 0.4) is 0 Å². The van der Waals surface area contributed by atoms with Gasteiger partial charge in [0, 0.05) is 28.9 Å². The summed E-state index contributed by atoms with van der Waals surface area (Å²) in [5.74, 6) is -0.0644. The van der Waals surface area contributed by atoms with Crippen LogP contribution in [0.2, 0.25) is 0 Å². The van der Waals surface area contributed by atoms with Gasteiger partial charge in [-0.15, -0.1) is 0 Å². The Hall–Kier alpha value is -4.25. The van der Waals surface area contributed by atoms with E-state index in [2.05, 4.69) is 15.2 Å². The van der Waals surface area contributed by atoms with Crippen LogP contribution in [0.1, 0.15) is 15.9 Å². The van der Waals surface area contributed by atoms with E-state index in [9.17, 15) is 23.3 Å². The van der Waals surface area contributed by atoms with E-state index >= 15 is 0 Å². The van der Waals surface area contributed by atoms with Gasteiger partial charge >= 0.3 is 0 Å². The first-order chi connectivity index (χ1) is 15.3. The van der Waals surface area contributed by atoms with Crippen molar-refractivity contribution in [1.82, 2.24) is 5.43 Å². The Morgan fingerprint density at radius 1 is 1.06 bits per heavy atom. The van der Waals surface area contributed by atoms with Crippen LogP contribution in [0.4, 0.5) is 11.4 Å². The van der Waals surface area contributed by atoms with Crippen molar-refractivity contribution in [3.8, 4) is 5.75 Å². The van der Waals surface area contributed by atoms with Gasteiger partial charge in [-0.05, 0) is 42.5 Å². The standard InChI is InChI=1S/C21H18N4O6S/c1-31-19-10-8-17(9-11-19)24-32(29,30)20-7-3-5-16(13-20)21(26)23-22-14-15-4-2-6-18(12-15)25(27)28/h2-14,24H,1H3,(H,23,26). The van der Waals surface area contributed by atoms with Crippen molar-refractivity contribution in [2.24, 2.45) is 5.10 Å². The predicted octanol–water partition coefficient (Wildman–Crippen LogP) is 3.17. The van der Waals surface area contributed by atoms with E-state index in [0.717, 1.165) is 0 Å². The van der Waals surface area contributed by atoms with Crippen molar-refractivity contribution in [3.05, 3.63) is 94.0 Å². The van der Waals surface area contributed by atoms with Crippen molar-refractivity contribution < 1.29 is 22.9 Å². The van der Waals surface area contributed by atoms with E-state index in [-0.39, 0.29) is 16.1 Å². The normalized spacial score (nSPS) is 11.2. The lowest BCUT2D eigenvalue weighted by molar-refractivity contribution is -0.384. The first kappa shape index (κ1) is 22.4. The summed E-state index contributed by atoms with van der Waals surface area (Å²) in [6.45, 7) is 0. The van der Waals surface area contributed by atoms with Gasteiger partial charge in [-0.25, -0.2) is 13.8 Å². The van der Waals surface area contributed by atoms with Gasteiger partial charge in [0.15, 0.2) is 0 Å². The molecule has 3 aromatic carbocycles. The summed E-state index contributed by atoms with van der Waals surface area (Å²) < 4.78 is 32.8. The third-order valence-electron chi connectivity index (χ3n) is 4.21. The van der Waals surface area contributed by atoms with Gasteiger partial charge in [0.1, 0.15) is 5.75 Å². The van der Waals surface area contributed by atoms with E-state index in [4.69, 9.17) is 4.74 Å². The Balaban J connectivity index is 1.71. The predicted molar refractivity (Wildman–Crippen MR) is 118 cm³/mol. The first-order valence-corrected chi connectivity index (χ1v) is 10.6. The highest BCUT2D eigenvalue weighted by Crippen LogP contribution is 2.20. The second-order valence-corrected chi connectivity index (χ2v) is 8.10. The zero-order valence-electron chi connectivity index (χ0n) is 16.8. The Bertz CT molecular complexity index is 1270. The highest BCUT2D eigenvalue weighted by atomic mass is 32.2. The number of carbonyl (C=O) groups is 1. The van der Waals surface area contributed by atoms with Crippen LogP contribution in [0.5, 0.6) is 5.75 Å². The van der Waals surface area contributed by atoms with Crippen molar-refractivity contribution in [1.29, 1.82) is 0 Å². The molecule has 10 nitrogen and oxygen atoms in total. The average molecular weight is 454 g/mol. The number of nitro benzene ring substituents is 1. The number of ether oxygens (including phenoxy) is 1. The molecule has 11 heteroatoms. The molecule has 0 aliphatic heterocycles. The molecule has 0 aliphatic carbocycles. The minimum atomic E-state index is -3.94. The number of sulfonamides is 1. The van der Waals surface area contributed by atoms with E-state index in [0.29, 0.717) is 17.0 Å². The first-order valence-electron chi connectivity index (χ1n) is 9.13. The number of nitrogens with zero attached hydrogens (tertiary/aromatic N) is 2. The Morgan fingerprint density at radius 3 is 2.47 bits per heavy atom. The van der Waals surface area contributed by atoms with Gasteiger partial charge in [0.05, 0.1) is 23.1 Å². The summed E-state index contributed by atoms with van der Waals surface area (Å²) in [6, 6.07) is 17.5. The van der Waals surface area contributed by atoms with E-state index in [1.54, 1.807) is 30.3 Å². The summed E-state index contributed by atoms with van der Waals surface area (Å²) in [6.07, 6.45) is 1.25. The number of amides is 1. The van der Waals surface area contributed by atoms with Crippen molar-refractivity contribution in [2.75, 3.05) is 11.8 Å². The molecule has 32 heavy (non-hydrogen) atoms. The van der Waals surface area contributed by atoms with Crippen LogP contribution in [0.25, 0.3) is 0 Å². The van der Waals surface area contributed by atoms with Gasteiger partial charge in [0.25, 0.3) is 21.6 Å². The molecule has 0 aliphatic rings. The zero-order valence-corrected chi connectivity index (χ0v) is 17.6. The van der Waals surface area contributed by atoms with Crippen molar-refractivity contribution in [2.45, 2.75) is 4.90 Å². The molecule has 3 rings (SSSR count). The number of methoxy groups -OCH3 is 1. The Morgan fingerprint density at radius 2 is 1.78 bits per heavy atom. The maximum atomic E-state index is 12.7. The molecule has 0 heterocycles. The van der Waals surface area contributed by atoms with Crippen molar-refractivity contribution in [3.63, 3.8) is 0 Å². The SMILES string of the molecule is COc1ccc(NS(=O)(=O)c2cccc(C(=O)NN=Cc3cccc([N+](=O)[O-])c3)c2)cc1. The molecular weight excluding hydrogens is 436 g/mol. The second kappa shape index (κ2) is 9.71. The number of non-ortho nitro benzene ring substituents is 1. The number of nitrogens with one attached hydrogen (secondary N) is 2. The molecule has 0 unspecified atom stereocenters. The molecule has 0 saturated carbocycles. The van der Waals surface area contributed by atoms with Gasteiger partial charge in [-0.3, -0.25) is 19.6 Å². The number of anilines is 1. The van der Waals surface area contributed by atoms with E-state index in [1.165, 1.54) is 55.8 Å². The zero-order chi connectivity index (χ0) is 23.1. The lowest BCUT2D eigenvalue weighted by Crippen LogP contribution is -2.19. The molecule has 0 radical (unpaired) electrons. The van der Waals surface area contributed by atoms with Gasteiger partial charge in [-0.1, -0.05) is 18.2 Å². The number of hydrogen-bond acceptors (Lipinski definition) is 7. The maximum Gasteiger partial charge on any atom is 0.271 e. The number of hydrogen-bond donors (Lipinski definition) is 2. The quantitative estimate of drug-likeness (QED) is 0.304. The molecule has 0 bridgehead atoms. The summed E-state index contributed by atoms with van der Waals surface area (Å²) in [5, 5.41) is 14.6. The average Bonchev–Trinajstić information content (AvgIpc) is 2.79. The number of hydrazone groups is 1. The van der Waals surface area contributed by atoms with E-state index < -0.39 is 20.9 Å². The fraction of sp³-hybridized carbons (Fsp3) is 0.0476. The van der Waals surface area contributed by atoms with Crippen LogP contribution in [0, 0.1) is 10.1 Å². The molecule has 2 N–H and O–H groups in total. The molecule has 0 spiro atoms. The molecule has 0 fully saturated rings. The summed E-state index contributed by atoms with van der Waals surface area (Å²) in [5.41, 5.74) is 2.98. The third-order valence-corrected chi connectivity index (χ3v) is 5.59. The topological polar surface area (TPSA) is 140 Å². The Labute approximate surface area is 183 Å².